The minimum Gasteiger partial charge on any atom is -0.466 e. The van der Waals surface area contributed by atoms with Gasteiger partial charge in [-0.1, -0.05) is 22.0 Å². The second-order valence-electron chi connectivity index (χ2n) is 3.61. The van der Waals surface area contributed by atoms with E-state index < -0.39 is 11.9 Å². The molecule has 0 aromatic heterocycles. The number of nitrogens with one attached hydrogen (secondary N) is 1. The van der Waals surface area contributed by atoms with E-state index in [2.05, 4.69) is 30.7 Å². The standard InChI is InChI=1S/C13H14BrNO4/c1-8-9(14)5-4-6-10(8)15-11(13(17)19-3)7-12(16)18-2/h4-7,15H,1-3H3/b11-7+. The number of esters is 2. The van der Waals surface area contributed by atoms with Gasteiger partial charge in [0, 0.05) is 10.2 Å². The predicted molar refractivity (Wildman–Crippen MR) is 74.6 cm³/mol. The SMILES string of the molecule is COC(=O)/C=C(/Nc1cccc(Br)c1C)C(=O)OC. The van der Waals surface area contributed by atoms with Crippen LogP contribution in [0.25, 0.3) is 0 Å². The Morgan fingerprint density at radius 1 is 1.26 bits per heavy atom. The van der Waals surface area contributed by atoms with Crippen LogP contribution in [0.1, 0.15) is 5.56 Å². The zero-order chi connectivity index (χ0) is 14.4. The molecule has 0 radical (unpaired) electrons. The van der Waals surface area contributed by atoms with Crippen molar-refractivity contribution in [3.8, 4) is 0 Å². The van der Waals surface area contributed by atoms with E-state index in [1.165, 1.54) is 14.2 Å². The molecule has 0 fully saturated rings. The number of carbonyl (C=O) groups is 2. The van der Waals surface area contributed by atoms with Gasteiger partial charge in [-0.2, -0.15) is 0 Å². The van der Waals surface area contributed by atoms with Gasteiger partial charge in [-0.25, -0.2) is 9.59 Å². The van der Waals surface area contributed by atoms with E-state index in [0.717, 1.165) is 16.1 Å². The van der Waals surface area contributed by atoms with Gasteiger partial charge in [-0.05, 0) is 24.6 Å². The number of methoxy groups -OCH3 is 2. The molecule has 102 valence electrons. The van der Waals surface area contributed by atoms with Crippen LogP contribution in [-0.4, -0.2) is 26.2 Å². The highest BCUT2D eigenvalue weighted by Crippen LogP contribution is 2.24. The van der Waals surface area contributed by atoms with Crippen molar-refractivity contribution in [3.05, 3.63) is 40.0 Å². The summed E-state index contributed by atoms with van der Waals surface area (Å²) in [6.07, 6.45) is 1.05. The van der Waals surface area contributed by atoms with E-state index in [-0.39, 0.29) is 5.70 Å². The van der Waals surface area contributed by atoms with Crippen molar-refractivity contribution >= 4 is 33.6 Å². The largest absolute Gasteiger partial charge is 0.466 e. The first kappa shape index (κ1) is 15.2. The molecule has 0 saturated heterocycles. The minimum atomic E-state index is -0.648. The molecule has 1 aromatic carbocycles. The maximum absolute atomic E-state index is 11.6. The zero-order valence-electron chi connectivity index (χ0n) is 10.8. The minimum absolute atomic E-state index is 0.00977. The molecule has 6 heteroatoms. The molecular formula is C13H14BrNO4. The van der Waals surface area contributed by atoms with Crippen molar-refractivity contribution in [2.24, 2.45) is 0 Å². The zero-order valence-corrected chi connectivity index (χ0v) is 12.4. The molecule has 0 unspecified atom stereocenters. The van der Waals surface area contributed by atoms with Crippen molar-refractivity contribution in [1.82, 2.24) is 0 Å². The number of hydrogen-bond donors (Lipinski definition) is 1. The summed E-state index contributed by atoms with van der Waals surface area (Å²) in [6, 6.07) is 5.48. The number of rotatable bonds is 4. The first-order valence-corrected chi connectivity index (χ1v) is 6.19. The quantitative estimate of drug-likeness (QED) is 0.679. The Kier molecular flexibility index (Phi) is 5.57. The number of benzene rings is 1. The molecule has 1 N–H and O–H groups in total. The number of hydrogen-bond acceptors (Lipinski definition) is 5. The molecule has 0 heterocycles. The fraction of sp³-hybridized carbons (Fsp3) is 0.231. The predicted octanol–water partition coefficient (Wildman–Crippen LogP) is 2.40. The van der Waals surface area contributed by atoms with Gasteiger partial charge in [-0.15, -0.1) is 0 Å². The van der Waals surface area contributed by atoms with E-state index in [1.54, 1.807) is 6.07 Å². The first-order valence-electron chi connectivity index (χ1n) is 5.39. The summed E-state index contributed by atoms with van der Waals surface area (Å²) < 4.78 is 9.99. The fourth-order valence-corrected chi connectivity index (χ4v) is 1.69. The second-order valence-corrected chi connectivity index (χ2v) is 4.46. The smallest absolute Gasteiger partial charge is 0.354 e. The molecule has 0 aliphatic heterocycles. The lowest BCUT2D eigenvalue weighted by molar-refractivity contribution is -0.138. The summed E-state index contributed by atoms with van der Waals surface area (Å²) in [4.78, 5) is 22.8. The van der Waals surface area contributed by atoms with Crippen molar-refractivity contribution < 1.29 is 19.1 Å². The number of anilines is 1. The third-order valence-electron chi connectivity index (χ3n) is 2.41. The summed E-state index contributed by atoms with van der Waals surface area (Å²) in [6.45, 7) is 1.87. The van der Waals surface area contributed by atoms with Crippen LogP contribution in [0.4, 0.5) is 5.69 Å². The summed E-state index contributed by atoms with van der Waals surface area (Å²) >= 11 is 3.39. The Labute approximate surface area is 119 Å². The molecule has 1 rings (SSSR count). The van der Waals surface area contributed by atoms with Crippen LogP contribution in [0, 0.1) is 6.92 Å². The van der Waals surface area contributed by atoms with Crippen LogP contribution in [0.15, 0.2) is 34.4 Å². The summed E-state index contributed by atoms with van der Waals surface area (Å²) in [5.41, 5.74) is 1.60. The van der Waals surface area contributed by atoms with Gasteiger partial charge in [0.1, 0.15) is 5.70 Å². The van der Waals surface area contributed by atoms with Crippen LogP contribution in [-0.2, 0) is 19.1 Å². The molecule has 0 aliphatic carbocycles. The average Bonchev–Trinajstić information content (AvgIpc) is 2.41. The maximum Gasteiger partial charge on any atom is 0.354 e. The van der Waals surface area contributed by atoms with E-state index in [1.807, 2.05) is 19.1 Å². The summed E-state index contributed by atoms with van der Waals surface area (Å²) in [5.74, 6) is -1.29. The molecule has 19 heavy (non-hydrogen) atoms. The number of ether oxygens (including phenoxy) is 2. The Morgan fingerprint density at radius 3 is 2.53 bits per heavy atom. The lowest BCUT2D eigenvalue weighted by Crippen LogP contribution is -2.16. The molecule has 1 aromatic rings. The highest BCUT2D eigenvalue weighted by atomic mass is 79.9. The Balaban J connectivity index is 3.08. The third kappa shape index (κ3) is 4.10. The van der Waals surface area contributed by atoms with E-state index in [9.17, 15) is 9.59 Å². The van der Waals surface area contributed by atoms with Crippen LogP contribution in [0.3, 0.4) is 0 Å². The van der Waals surface area contributed by atoms with Crippen LogP contribution >= 0.6 is 15.9 Å². The van der Waals surface area contributed by atoms with Gasteiger partial charge >= 0.3 is 11.9 Å². The fourth-order valence-electron chi connectivity index (χ4n) is 1.32. The third-order valence-corrected chi connectivity index (χ3v) is 3.26. The van der Waals surface area contributed by atoms with Gasteiger partial charge in [0.25, 0.3) is 0 Å². The van der Waals surface area contributed by atoms with Crippen LogP contribution < -0.4 is 5.32 Å². The molecule has 0 aliphatic rings. The molecule has 0 bridgehead atoms. The monoisotopic (exact) mass is 327 g/mol. The van der Waals surface area contributed by atoms with E-state index in [4.69, 9.17) is 0 Å². The van der Waals surface area contributed by atoms with Gasteiger partial charge in [0.2, 0.25) is 0 Å². The van der Waals surface area contributed by atoms with Gasteiger partial charge < -0.3 is 14.8 Å². The Bertz CT molecular complexity index is 525. The number of carbonyl (C=O) groups excluding carboxylic acids is 2. The van der Waals surface area contributed by atoms with Gasteiger partial charge in [-0.3, -0.25) is 0 Å². The molecular weight excluding hydrogens is 314 g/mol. The first-order chi connectivity index (χ1) is 8.99. The highest BCUT2D eigenvalue weighted by molar-refractivity contribution is 9.10. The van der Waals surface area contributed by atoms with Crippen molar-refractivity contribution in [2.75, 3.05) is 19.5 Å². The lowest BCUT2D eigenvalue weighted by Gasteiger charge is -2.12. The number of halogens is 1. The summed E-state index contributed by atoms with van der Waals surface area (Å²) in [5, 5.41) is 2.86. The van der Waals surface area contributed by atoms with Gasteiger partial charge in [0.05, 0.1) is 20.3 Å². The molecule has 0 saturated carbocycles. The van der Waals surface area contributed by atoms with E-state index in [0.29, 0.717) is 5.69 Å². The molecule has 0 spiro atoms. The van der Waals surface area contributed by atoms with E-state index >= 15 is 0 Å². The van der Waals surface area contributed by atoms with Crippen molar-refractivity contribution in [2.45, 2.75) is 6.92 Å². The maximum atomic E-state index is 11.6. The van der Waals surface area contributed by atoms with Crippen molar-refractivity contribution in [3.63, 3.8) is 0 Å². The highest BCUT2D eigenvalue weighted by Gasteiger charge is 2.14. The second kappa shape index (κ2) is 6.94. The average molecular weight is 328 g/mol. The van der Waals surface area contributed by atoms with Gasteiger partial charge in [0.15, 0.2) is 0 Å². The normalized spacial score (nSPS) is 10.8. The Morgan fingerprint density at radius 2 is 1.95 bits per heavy atom. The lowest BCUT2D eigenvalue weighted by atomic mass is 10.2. The molecule has 5 nitrogen and oxygen atoms in total. The molecule has 0 amide bonds. The Hall–Kier alpha value is -1.82. The summed E-state index contributed by atoms with van der Waals surface area (Å²) in [7, 11) is 2.47. The topological polar surface area (TPSA) is 64.6 Å². The van der Waals surface area contributed by atoms with Crippen molar-refractivity contribution in [1.29, 1.82) is 0 Å². The van der Waals surface area contributed by atoms with Crippen LogP contribution in [0.5, 0.6) is 0 Å². The van der Waals surface area contributed by atoms with Crippen LogP contribution in [0.2, 0.25) is 0 Å². The molecule has 0 atom stereocenters.